The number of aryl methyl sites for hydroxylation is 1. The maximum Gasteiger partial charge on any atom is 0.145 e. The summed E-state index contributed by atoms with van der Waals surface area (Å²) in [6.07, 6.45) is 1.83. The summed E-state index contributed by atoms with van der Waals surface area (Å²) < 4.78 is 7.34. The van der Waals surface area contributed by atoms with Crippen molar-refractivity contribution in [2.45, 2.75) is 13.5 Å². The van der Waals surface area contributed by atoms with Crippen molar-refractivity contribution in [1.29, 1.82) is 0 Å². The molecule has 90 valence electrons. The maximum absolute atomic E-state index is 5.93. The molecule has 5 heteroatoms. The van der Waals surface area contributed by atoms with Crippen LogP contribution in [-0.4, -0.2) is 16.4 Å². The number of hydrogen-bond acceptors (Lipinski definition) is 3. The molecule has 0 aliphatic heterocycles. The lowest BCUT2D eigenvalue weighted by Gasteiger charge is -2.07. The zero-order chi connectivity index (χ0) is 12.3. The Hall–Kier alpha value is -1.68. The van der Waals surface area contributed by atoms with Crippen LogP contribution >= 0.6 is 11.6 Å². The number of ether oxygens (including phenoxy) is 1. The third-order valence-corrected chi connectivity index (χ3v) is 2.80. The van der Waals surface area contributed by atoms with Crippen molar-refractivity contribution < 1.29 is 4.74 Å². The minimum absolute atomic E-state index is 0.521. The highest BCUT2D eigenvalue weighted by atomic mass is 35.5. The van der Waals surface area contributed by atoms with E-state index in [9.17, 15) is 0 Å². The summed E-state index contributed by atoms with van der Waals surface area (Å²) >= 11 is 5.93. The number of hydrogen-bond donors (Lipinski definition) is 1. The molecule has 1 aromatic carbocycles. The fourth-order valence-corrected chi connectivity index (χ4v) is 1.58. The summed E-state index contributed by atoms with van der Waals surface area (Å²) in [4.78, 5) is 0. The first kappa shape index (κ1) is 11.8. The fourth-order valence-electron chi connectivity index (χ4n) is 1.47. The number of rotatable bonds is 4. The molecule has 17 heavy (non-hydrogen) atoms. The number of nitrogens with zero attached hydrogens (tertiary/aromatic N) is 2. The highest BCUT2D eigenvalue weighted by Gasteiger charge is 1.99. The minimum atomic E-state index is 0.521. The Morgan fingerprint density at radius 2 is 2.24 bits per heavy atom. The van der Waals surface area contributed by atoms with Gasteiger partial charge in [-0.2, -0.15) is 5.10 Å². The lowest BCUT2D eigenvalue weighted by atomic mass is 10.2. The van der Waals surface area contributed by atoms with Crippen LogP contribution in [0.3, 0.4) is 0 Å². The second kappa shape index (κ2) is 5.10. The van der Waals surface area contributed by atoms with Crippen LogP contribution in [0.1, 0.15) is 5.56 Å². The Morgan fingerprint density at radius 3 is 2.88 bits per heavy atom. The van der Waals surface area contributed by atoms with E-state index >= 15 is 0 Å². The average Bonchev–Trinajstić information content (AvgIpc) is 2.70. The van der Waals surface area contributed by atoms with Gasteiger partial charge in [-0.3, -0.25) is 4.68 Å². The third kappa shape index (κ3) is 3.14. The Morgan fingerprint density at radius 1 is 1.41 bits per heavy atom. The minimum Gasteiger partial charge on any atom is -0.492 e. The first-order valence-corrected chi connectivity index (χ1v) is 5.71. The van der Waals surface area contributed by atoms with E-state index in [0.29, 0.717) is 19.0 Å². The molecule has 0 amide bonds. The second-order valence-corrected chi connectivity index (χ2v) is 4.17. The first-order chi connectivity index (χ1) is 8.15. The van der Waals surface area contributed by atoms with Crippen molar-refractivity contribution in [3.8, 4) is 5.75 Å². The smallest absolute Gasteiger partial charge is 0.145 e. The standard InChI is InChI=1S/C12H14ClN3O/c1-9-8-10(2-3-11(9)13)17-7-6-16-5-4-12(14)15-16/h2-5,8H,6-7H2,1H3,(H2,14,15). The summed E-state index contributed by atoms with van der Waals surface area (Å²) in [7, 11) is 0. The molecule has 0 spiro atoms. The molecule has 0 atom stereocenters. The van der Waals surface area contributed by atoms with Crippen LogP contribution in [0.5, 0.6) is 5.75 Å². The Kier molecular flexibility index (Phi) is 3.54. The van der Waals surface area contributed by atoms with Crippen molar-refractivity contribution in [2.24, 2.45) is 0 Å². The van der Waals surface area contributed by atoms with Crippen LogP contribution in [-0.2, 0) is 6.54 Å². The molecule has 0 aliphatic carbocycles. The van der Waals surface area contributed by atoms with E-state index in [1.54, 1.807) is 10.7 Å². The second-order valence-electron chi connectivity index (χ2n) is 3.76. The molecule has 0 radical (unpaired) electrons. The Bertz CT molecular complexity index is 510. The molecule has 0 saturated heterocycles. The van der Waals surface area contributed by atoms with E-state index in [4.69, 9.17) is 22.1 Å². The summed E-state index contributed by atoms with van der Waals surface area (Å²) in [5.74, 6) is 1.33. The van der Waals surface area contributed by atoms with Gasteiger partial charge in [-0.05, 0) is 36.8 Å². The van der Waals surface area contributed by atoms with Gasteiger partial charge in [0, 0.05) is 11.2 Å². The van der Waals surface area contributed by atoms with E-state index in [1.165, 1.54) is 0 Å². The van der Waals surface area contributed by atoms with Gasteiger partial charge in [0.25, 0.3) is 0 Å². The number of nitrogens with two attached hydrogens (primary N) is 1. The van der Waals surface area contributed by atoms with Gasteiger partial charge in [-0.25, -0.2) is 0 Å². The summed E-state index contributed by atoms with van der Waals surface area (Å²) in [6.45, 7) is 3.16. The summed E-state index contributed by atoms with van der Waals surface area (Å²) in [6, 6.07) is 7.36. The quantitative estimate of drug-likeness (QED) is 0.908. The molecule has 0 unspecified atom stereocenters. The zero-order valence-corrected chi connectivity index (χ0v) is 10.3. The van der Waals surface area contributed by atoms with Crippen LogP contribution in [0.25, 0.3) is 0 Å². The highest BCUT2D eigenvalue weighted by Crippen LogP contribution is 2.20. The molecule has 0 fully saturated rings. The van der Waals surface area contributed by atoms with Crippen molar-refractivity contribution in [2.75, 3.05) is 12.3 Å². The van der Waals surface area contributed by atoms with Crippen molar-refractivity contribution >= 4 is 17.4 Å². The number of anilines is 1. The van der Waals surface area contributed by atoms with Crippen LogP contribution in [0.15, 0.2) is 30.5 Å². The lowest BCUT2D eigenvalue weighted by Crippen LogP contribution is -2.09. The average molecular weight is 252 g/mol. The number of aromatic nitrogens is 2. The van der Waals surface area contributed by atoms with Crippen LogP contribution in [0.4, 0.5) is 5.82 Å². The summed E-state index contributed by atoms with van der Waals surface area (Å²) in [5, 5.41) is 4.81. The molecule has 0 bridgehead atoms. The summed E-state index contributed by atoms with van der Waals surface area (Å²) in [5.41, 5.74) is 6.52. The SMILES string of the molecule is Cc1cc(OCCn2ccc(N)n2)ccc1Cl. The Balaban J connectivity index is 1.87. The zero-order valence-electron chi connectivity index (χ0n) is 9.56. The van der Waals surface area contributed by atoms with Crippen LogP contribution < -0.4 is 10.5 Å². The monoisotopic (exact) mass is 251 g/mol. The van der Waals surface area contributed by atoms with Gasteiger partial charge in [0.15, 0.2) is 0 Å². The molecule has 4 nitrogen and oxygen atoms in total. The molecule has 2 rings (SSSR count). The predicted octanol–water partition coefficient (Wildman–Crippen LogP) is 2.51. The first-order valence-electron chi connectivity index (χ1n) is 5.33. The number of benzene rings is 1. The fraction of sp³-hybridized carbons (Fsp3) is 0.250. The van der Waals surface area contributed by atoms with Crippen molar-refractivity contribution in [3.63, 3.8) is 0 Å². The number of nitrogen functional groups attached to an aromatic ring is 1. The van der Waals surface area contributed by atoms with Crippen LogP contribution in [0.2, 0.25) is 5.02 Å². The van der Waals surface area contributed by atoms with E-state index < -0.39 is 0 Å². The largest absolute Gasteiger partial charge is 0.492 e. The van der Waals surface area contributed by atoms with Gasteiger partial charge in [0.2, 0.25) is 0 Å². The third-order valence-electron chi connectivity index (χ3n) is 2.38. The van der Waals surface area contributed by atoms with Gasteiger partial charge in [-0.1, -0.05) is 11.6 Å². The van der Waals surface area contributed by atoms with Gasteiger partial charge < -0.3 is 10.5 Å². The highest BCUT2D eigenvalue weighted by molar-refractivity contribution is 6.31. The molecular weight excluding hydrogens is 238 g/mol. The van der Waals surface area contributed by atoms with Gasteiger partial charge in [0.05, 0.1) is 6.54 Å². The predicted molar refractivity (Wildman–Crippen MR) is 68.3 cm³/mol. The molecule has 0 aliphatic rings. The van der Waals surface area contributed by atoms with Crippen molar-refractivity contribution in [1.82, 2.24) is 9.78 Å². The maximum atomic E-state index is 5.93. The molecule has 2 N–H and O–H groups in total. The van der Waals surface area contributed by atoms with Gasteiger partial charge in [0.1, 0.15) is 18.2 Å². The molecule has 2 aromatic rings. The van der Waals surface area contributed by atoms with E-state index in [1.807, 2.05) is 31.3 Å². The van der Waals surface area contributed by atoms with Gasteiger partial charge >= 0.3 is 0 Å². The van der Waals surface area contributed by atoms with E-state index in [-0.39, 0.29) is 0 Å². The lowest BCUT2D eigenvalue weighted by molar-refractivity contribution is 0.291. The van der Waals surface area contributed by atoms with Crippen molar-refractivity contribution in [3.05, 3.63) is 41.0 Å². The molecule has 1 aromatic heterocycles. The van der Waals surface area contributed by atoms with Crippen LogP contribution in [0, 0.1) is 6.92 Å². The molecular formula is C12H14ClN3O. The molecule has 1 heterocycles. The Labute approximate surface area is 105 Å². The topological polar surface area (TPSA) is 53.1 Å². The normalized spacial score (nSPS) is 10.5. The number of halogens is 1. The van der Waals surface area contributed by atoms with E-state index in [0.717, 1.165) is 16.3 Å². The van der Waals surface area contributed by atoms with Gasteiger partial charge in [-0.15, -0.1) is 0 Å². The van der Waals surface area contributed by atoms with E-state index in [2.05, 4.69) is 5.10 Å². The molecule has 0 saturated carbocycles.